The van der Waals surface area contributed by atoms with Crippen LogP contribution in [-0.4, -0.2) is 35.3 Å². The Bertz CT molecular complexity index is 600. The lowest BCUT2D eigenvalue weighted by molar-refractivity contribution is -0.121. The summed E-state index contributed by atoms with van der Waals surface area (Å²) in [6, 6.07) is 2.82. The number of nitrogens with zero attached hydrogens (tertiary/aromatic N) is 1. The number of carbonyl (C=O) groups excluding carboxylic acids is 2. The molecule has 1 N–H and O–H groups in total. The van der Waals surface area contributed by atoms with E-state index in [1.807, 2.05) is 0 Å². The summed E-state index contributed by atoms with van der Waals surface area (Å²) >= 11 is 6.82. The molecule has 0 bridgehead atoms. The largest absolute Gasteiger partial charge is 0.504 e. The Balaban J connectivity index is 2.44. The number of methoxy groups -OCH3 is 1. The molecule has 1 heterocycles. The van der Waals surface area contributed by atoms with Crippen LogP contribution in [0.4, 0.5) is 4.79 Å². The molecule has 7 heteroatoms. The minimum Gasteiger partial charge on any atom is -0.504 e. The third kappa shape index (κ3) is 2.54. The summed E-state index contributed by atoms with van der Waals surface area (Å²) in [5.74, 6) is -0.224. The number of phenolic OH excluding ortho intramolecular Hbond substituents is 1. The zero-order valence-electron chi connectivity index (χ0n) is 10.1. The Morgan fingerprint density at radius 1 is 1.42 bits per heavy atom. The normalized spacial score (nSPS) is 17.4. The van der Waals surface area contributed by atoms with Crippen molar-refractivity contribution in [3.8, 4) is 11.5 Å². The molecule has 2 rings (SSSR count). The molecule has 0 radical (unpaired) electrons. The minimum atomic E-state index is -0.377. The van der Waals surface area contributed by atoms with E-state index in [2.05, 4.69) is 0 Å². The van der Waals surface area contributed by atoms with Crippen molar-refractivity contribution in [1.82, 2.24) is 4.90 Å². The minimum absolute atomic E-state index is 0.0896. The first-order chi connectivity index (χ1) is 8.93. The number of rotatable bonds is 2. The Kier molecular flexibility index (Phi) is 3.73. The van der Waals surface area contributed by atoms with E-state index < -0.39 is 0 Å². The van der Waals surface area contributed by atoms with Gasteiger partial charge in [-0.25, -0.2) is 0 Å². The summed E-state index contributed by atoms with van der Waals surface area (Å²) in [6.07, 6.45) is 1.50. The van der Waals surface area contributed by atoms with Gasteiger partial charge in [0, 0.05) is 13.1 Å². The van der Waals surface area contributed by atoms with Gasteiger partial charge in [-0.15, -0.1) is 0 Å². The Labute approximate surface area is 118 Å². The molecular weight excluding hydrogens is 290 g/mol. The van der Waals surface area contributed by atoms with Gasteiger partial charge < -0.3 is 9.84 Å². The number of phenols is 1. The van der Waals surface area contributed by atoms with Gasteiger partial charge in [-0.05, 0) is 29.5 Å². The average Bonchev–Trinajstić information content (AvgIpc) is 2.60. The number of hydrogen-bond donors (Lipinski definition) is 1. The van der Waals surface area contributed by atoms with Crippen LogP contribution in [0.15, 0.2) is 17.0 Å². The van der Waals surface area contributed by atoms with Crippen molar-refractivity contribution in [3.63, 3.8) is 0 Å². The van der Waals surface area contributed by atoms with E-state index in [9.17, 15) is 14.7 Å². The number of hydrogen-bond acceptors (Lipinski definition) is 5. The first-order valence-electron chi connectivity index (χ1n) is 5.22. The van der Waals surface area contributed by atoms with Crippen molar-refractivity contribution in [2.75, 3.05) is 14.2 Å². The van der Waals surface area contributed by atoms with Crippen LogP contribution in [0.3, 0.4) is 0 Å². The molecule has 0 atom stereocenters. The standard InChI is InChI=1S/C12H10ClNO4S/c1-14-11(16)10(19-12(14)17)4-6-3-9(18-2)8(15)5-7(6)13/h3-5,15H,1-2H3/b10-4-. The Hall–Kier alpha value is -1.66. The molecule has 1 aliphatic heterocycles. The predicted octanol–water partition coefficient (Wildman–Crippen LogP) is 2.72. The van der Waals surface area contributed by atoms with Gasteiger partial charge in [-0.2, -0.15) is 0 Å². The number of benzene rings is 1. The molecule has 1 fully saturated rings. The first-order valence-corrected chi connectivity index (χ1v) is 6.41. The topological polar surface area (TPSA) is 66.8 Å². The number of halogens is 1. The number of ether oxygens (including phenoxy) is 1. The smallest absolute Gasteiger partial charge is 0.293 e. The zero-order chi connectivity index (χ0) is 14.2. The quantitative estimate of drug-likeness (QED) is 0.851. The monoisotopic (exact) mass is 299 g/mol. The number of likely N-dealkylation sites (N-methyl/N-ethyl adjacent to an activating group) is 1. The molecular formula is C12H10ClNO4S. The fraction of sp³-hybridized carbons (Fsp3) is 0.167. The lowest BCUT2D eigenvalue weighted by Gasteiger charge is -2.06. The molecule has 0 spiro atoms. The van der Waals surface area contributed by atoms with Crippen molar-refractivity contribution in [2.45, 2.75) is 0 Å². The van der Waals surface area contributed by atoms with Crippen LogP contribution in [0.2, 0.25) is 5.02 Å². The van der Waals surface area contributed by atoms with E-state index in [4.69, 9.17) is 16.3 Å². The summed E-state index contributed by atoms with van der Waals surface area (Å²) in [4.78, 5) is 24.4. The molecule has 19 heavy (non-hydrogen) atoms. The highest BCUT2D eigenvalue weighted by molar-refractivity contribution is 8.18. The number of thioether (sulfide) groups is 1. The molecule has 1 aromatic rings. The molecule has 1 aromatic carbocycles. The maximum Gasteiger partial charge on any atom is 0.293 e. The molecule has 1 aliphatic rings. The third-order valence-corrected chi connectivity index (χ3v) is 3.86. The number of aromatic hydroxyl groups is 1. The number of imide groups is 1. The van der Waals surface area contributed by atoms with Crippen molar-refractivity contribution < 1.29 is 19.4 Å². The van der Waals surface area contributed by atoms with Crippen LogP contribution in [0.5, 0.6) is 11.5 Å². The van der Waals surface area contributed by atoms with Crippen molar-refractivity contribution in [3.05, 3.63) is 27.6 Å². The number of amides is 2. The Morgan fingerprint density at radius 2 is 2.11 bits per heavy atom. The fourth-order valence-corrected chi connectivity index (χ4v) is 2.55. The van der Waals surface area contributed by atoms with Gasteiger partial charge in [0.1, 0.15) is 0 Å². The third-order valence-electron chi connectivity index (χ3n) is 2.57. The van der Waals surface area contributed by atoms with Crippen molar-refractivity contribution in [2.24, 2.45) is 0 Å². The molecule has 2 amide bonds. The summed E-state index contributed by atoms with van der Waals surface area (Å²) in [6.45, 7) is 0. The van der Waals surface area contributed by atoms with E-state index in [1.165, 1.54) is 32.4 Å². The van der Waals surface area contributed by atoms with Crippen LogP contribution in [-0.2, 0) is 4.79 Å². The van der Waals surface area contributed by atoms with Gasteiger partial charge in [0.25, 0.3) is 11.1 Å². The van der Waals surface area contributed by atoms with Gasteiger partial charge in [0.2, 0.25) is 0 Å². The second-order valence-electron chi connectivity index (χ2n) is 3.79. The molecule has 0 aliphatic carbocycles. The molecule has 1 saturated heterocycles. The van der Waals surface area contributed by atoms with Gasteiger partial charge >= 0.3 is 0 Å². The van der Waals surface area contributed by atoms with Crippen molar-refractivity contribution in [1.29, 1.82) is 0 Å². The zero-order valence-corrected chi connectivity index (χ0v) is 11.7. The van der Waals surface area contributed by atoms with E-state index in [0.717, 1.165) is 16.7 Å². The Morgan fingerprint density at radius 3 is 2.63 bits per heavy atom. The molecule has 0 saturated carbocycles. The second-order valence-corrected chi connectivity index (χ2v) is 5.19. The van der Waals surface area contributed by atoms with Gasteiger partial charge in [0.05, 0.1) is 17.0 Å². The highest BCUT2D eigenvalue weighted by Crippen LogP contribution is 2.36. The highest BCUT2D eigenvalue weighted by Gasteiger charge is 2.32. The summed E-state index contributed by atoms with van der Waals surface area (Å²) in [5, 5.41) is 9.48. The van der Waals surface area contributed by atoms with E-state index in [0.29, 0.717) is 5.56 Å². The van der Waals surface area contributed by atoms with Crippen LogP contribution >= 0.6 is 23.4 Å². The van der Waals surface area contributed by atoms with Crippen LogP contribution in [0.1, 0.15) is 5.56 Å². The molecule has 0 aromatic heterocycles. The number of carbonyl (C=O) groups is 2. The van der Waals surface area contributed by atoms with E-state index >= 15 is 0 Å². The summed E-state index contributed by atoms with van der Waals surface area (Å²) in [5.41, 5.74) is 0.496. The first kappa shape index (κ1) is 13.8. The lowest BCUT2D eigenvalue weighted by Crippen LogP contribution is -2.22. The maximum absolute atomic E-state index is 11.7. The molecule has 0 unspecified atom stereocenters. The molecule has 5 nitrogen and oxygen atoms in total. The SMILES string of the molecule is COc1cc(/C=C2\SC(=O)N(C)C2=O)c(Cl)cc1O. The van der Waals surface area contributed by atoms with Crippen LogP contribution in [0, 0.1) is 0 Å². The average molecular weight is 300 g/mol. The van der Waals surface area contributed by atoms with Crippen molar-refractivity contribution >= 4 is 40.6 Å². The van der Waals surface area contributed by atoms with Gasteiger partial charge in [-0.3, -0.25) is 14.5 Å². The van der Waals surface area contributed by atoms with Gasteiger partial charge in [-0.1, -0.05) is 11.6 Å². The van der Waals surface area contributed by atoms with E-state index in [1.54, 1.807) is 0 Å². The van der Waals surface area contributed by atoms with Crippen LogP contribution < -0.4 is 4.74 Å². The van der Waals surface area contributed by atoms with E-state index in [-0.39, 0.29) is 32.6 Å². The highest BCUT2D eigenvalue weighted by atomic mass is 35.5. The lowest BCUT2D eigenvalue weighted by atomic mass is 10.2. The predicted molar refractivity (Wildman–Crippen MR) is 73.4 cm³/mol. The molecule has 100 valence electrons. The second kappa shape index (κ2) is 5.14. The van der Waals surface area contributed by atoms with Crippen LogP contribution in [0.25, 0.3) is 6.08 Å². The summed E-state index contributed by atoms with van der Waals surface area (Å²) < 4.78 is 4.97. The fourth-order valence-electron chi connectivity index (χ4n) is 1.52. The maximum atomic E-state index is 11.7. The summed E-state index contributed by atoms with van der Waals surface area (Å²) in [7, 11) is 2.82. The van der Waals surface area contributed by atoms with Gasteiger partial charge in [0.15, 0.2) is 11.5 Å².